The number of nitrogens with zero attached hydrogens (tertiary/aromatic N) is 4. The van der Waals surface area contributed by atoms with Gasteiger partial charge in [0.15, 0.2) is 0 Å². The van der Waals surface area contributed by atoms with E-state index < -0.39 is 0 Å². The van der Waals surface area contributed by atoms with Crippen LogP contribution in [0.2, 0.25) is 0 Å². The smallest absolute Gasteiger partial charge is 0.222 e. The summed E-state index contributed by atoms with van der Waals surface area (Å²) in [6.07, 6.45) is 2.46. The molecule has 0 radical (unpaired) electrons. The monoisotopic (exact) mass is 300 g/mol. The first-order chi connectivity index (χ1) is 10.8. The van der Waals surface area contributed by atoms with Gasteiger partial charge in [-0.25, -0.2) is 4.68 Å². The first-order valence-corrected chi connectivity index (χ1v) is 7.56. The number of aromatic nitrogens is 3. The molecule has 1 saturated heterocycles. The number of ether oxygens (including phenoxy) is 1. The third-order valence-electron chi connectivity index (χ3n) is 3.81. The SMILES string of the molecule is CCC(=O)N1CC(n2cc(COCc3ccccc3)nn2)C1. The fraction of sp³-hybridized carbons (Fsp3) is 0.438. The molecule has 6 heteroatoms. The molecule has 1 aromatic carbocycles. The van der Waals surface area contributed by atoms with Crippen molar-refractivity contribution >= 4 is 5.91 Å². The molecule has 1 aliphatic heterocycles. The van der Waals surface area contributed by atoms with Gasteiger partial charge in [-0.3, -0.25) is 4.79 Å². The van der Waals surface area contributed by atoms with E-state index in [0.717, 1.165) is 24.3 Å². The Morgan fingerprint density at radius 2 is 2.05 bits per heavy atom. The highest BCUT2D eigenvalue weighted by atomic mass is 16.5. The lowest BCUT2D eigenvalue weighted by atomic mass is 10.1. The molecule has 116 valence electrons. The number of carbonyl (C=O) groups is 1. The summed E-state index contributed by atoms with van der Waals surface area (Å²) in [7, 11) is 0. The number of hydrogen-bond acceptors (Lipinski definition) is 4. The molecule has 1 amide bonds. The number of likely N-dealkylation sites (tertiary alicyclic amines) is 1. The minimum absolute atomic E-state index is 0.197. The van der Waals surface area contributed by atoms with Crippen molar-refractivity contribution < 1.29 is 9.53 Å². The molecule has 1 aliphatic rings. The third-order valence-corrected chi connectivity index (χ3v) is 3.81. The maximum Gasteiger partial charge on any atom is 0.222 e. The van der Waals surface area contributed by atoms with Crippen molar-refractivity contribution in [2.24, 2.45) is 0 Å². The van der Waals surface area contributed by atoms with Crippen LogP contribution in [0.4, 0.5) is 0 Å². The van der Waals surface area contributed by atoms with E-state index in [0.29, 0.717) is 19.6 Å². The van der Waals surface area contributed by atoms with Crippen LogP contribution in [0, 0.1) is 0 Å². The molecule has 0 aliphatic carbocycles. The largest absolute Gasteiger partial charge is 0.370 e. The zero-order chi connectivity index (χ0) is 15.4. The van der Waals surface area contributed by atoms with Crippen LogP contribution in [-0.4, -0.2) is 38.9 Å². The summed E-state index contributed by atoms with van der Waals surface area (Å²) < 4.78 is 7.48. The van der Waals surface area contributed by atoms with Crippen molar-refractivity contribution in [3.8, 4) is 0 Å². The highest BCUT2D eigenvalue weighted by Crippen LogP contribution is 2.21. The van der Waals surface area contributed by atoms with E-state index in [1.54, 1.807) is 0 Å². The summed E-state index contributed by atoms with van der Waals surface area (Å²) in [5, 5.41) is 8.26. The van der Waals surface area contributed by atoms with E-state index in [4.69, 9.17) is 4.74 Å². The molecular weight excluding hydrogens is 280 g/mol. The number of rotatable bonds is 6. The van der Waals surface area contributed by atoms with Gasteiger partial charge in [-0.15, -0.1) is 5.10 Å². The maximum absolute atomic E-state index is 11.5. The second kappa shape index (κ2) is 6.70. The van der Waals surface area contributed by atoms with Crippen molar-refractivity contribution in [3.63, 3.8) is 0 Å². The molecule has 0 saturated carbocycles. The van der Waals surface area contributed by atoms with E-state index in [2.05, 4.69) is 10.3 Å². The van der Waals surface area contributed by atoms with Gasteiger partial charge >= 0.3 is 0 Å². The van der Waals surface area contributed by atoms with Gasteiger partial charge in [0.1, 0.15) is 5.69 Å². The average molecular weight is 300 g/mol. The molecule has 1 aromatic heterocycles. The van der Waals surface area contributed by atoms with E-state index in [1.807, 2.05) is 53.0 Å². The van der Waals surface area contributed by atoms with Crippen LogP contribution in [0.25, 0.3) is 0 Å². The van der Waals surface area contributed by atoms with E-state index in [9.17, 15) is 4.79 Å². The molecule has 22 heavy (non-hydrogen) atoms. The Morgan fingerprint density at radius 3 is 2.77 bits per heavy atom. The third kappa shape index (κ3) is 3.33. The second-order valence-corrected chi connectivity index (χ2v) is 5.47. The Kier molecular flexibility index (Phi) is 4.48. The van der Waals surface area contributed by atoms with Crippen LogP contribution in [0.15, 0.2) is 36.5 Å². The van der Waals surface area contributed by atoms with Crippen molar-refractivity contribution in [2.75, 3.05) is 13.1 Å². The lowest BCUT2D eigenvalue weighted by Crippen LogP contribution is -2.50. The predicted octanol–water partition coefficient (Wildman–Crippen LogP) is 1.79. The van der Waals surface area contributed by atoms with Crippen LogP contribution in [-0.2, 0) is 22.7 Å². The van der Waals surface area contributed by atoms with Gasteiger partial charge in [0.25, 0.3) is 0 Å². The lowest BCUT2D eigenvalue weighted by molar-refractivity contribution is -0.136. The van der Waals surface area contributed by atoms with Crippen molar-refractivity contribution in [2.45, 2.75) is 32.6 Å². The van der Waals surface area contributed by atoms with Crippen LogP contribution in [0.3, 0.4) is 0 Å². The number of benzene rings is 1. The normalized spacial score (nSPS) is 14.9. The fourth-order valence-corrected chi connectivity index (χ4v) is 2.46. The van der Waals surface area contributed by atoms with Gasteiger partial charge in [0.2, 0.25) is 5.91 Å². The molecule has 2 aromatic rings. The molecule has 0 N–H and O–H groups in total. The standard InChI is InChI=1S/C16H20N4O2/c1-2-16(21)19-9-15(10-19)20-8-14(17-18-20)12-22-11-13-6-4-3-5-7-13/h3-8,15H,2,9-12H2,1H3. The quantitative estimate of drug-likeness (QED) is 0.816. The molecule has 0 spiro atoms. The summed E-state index contributed by atoms with van der Waals surface area (Å²) in [6.45, 7) is 4.34. The first-order valence-electron chi connectivity index (χ1n) is 7.56. The van der Waals surface area contributed by atoms with Crippen LogP contribution < -0.4 is 0 Å². The topological polar surface area (TPSA) is 60.2 Å². The van der Waals surface area contributed by atoms with E-state index in [-0.39, 0.29) is 11.9 Å². The number of amides is 1. The van der Waals surface area contributed by atoms with Gasteiger partial charge in [-0.1, -0.05) is 42.5 Å². The van der Waals surface area contributed by atoms with E-state index in [1.165, 1.54) is 0 Å². The fourth-order valence-electron chi connectivity index (χ4n) is 2.46. The molecule has 0 unspecified atom stereocenters. The van der Waals surface area contributed by atoms with Gasteiger partial charge in [0.05, 0.1) is 25.5 Å². The minimum atomic E-state index is 0.197. The highest BCUT2D eigenvalue weighted by Gasteiger charge is 2.31. The molecule has 1 fully saturated rings. The van der Waals surface area contributed by atoms with Gasteiger partial charge < -0.3 is 9.64 Å². The number of hydrogen-bond donors (Lipinski definition) is 0. The van der Waals surface area contributed by atoms with Crippen molar-refractivity contribution in [3.05, 3.63) is 47.8 Å². The predicted molar refractivity (Wildman–Crippen MR) is 80.9 cm³/mol. The summed E-state index contributed by atoms with van der Waals surface area (Å²) in [5.74, 6) is 0.197. The Balaban J connectivity index is 1.45. The Labute approximate surface area is 129 Å². The molecule has 0 bridgehead atoms. The highest BCUT2D eigenvalue weighted by molar-refractivity contribution is 5.76. The molecule has 3 rings (SSSR count). The Morgan fingerprint density at radius 1 is 1.27 bits per heavy atom. The second-order valence-electron chi connectivity index (χ2n) is 5.47. The zero-order valence-corrected chi connectivity index (χ0v) is 12.7. The van der Waals surface area contributed by atoms with Gasteiger partial charge in [-0.05, 0) is 5.56 Å². The van der Waals surface area contributed by atoms with Crippen LogP contribution >= 0.6 is 0 Å². The summed E-state index contributed by atoms with van der Waals surface area (Å²) in [5.41, 5.74) is 1.96. The van der Waals surface area contributed by atoms with Gasteiger partial charge in [0, 0.05) is 19.5 Å². The molecular formula is C16H20N4O2. The number of carbonyl (C=O) groups excluding carboxylic acids is 1. The van der Waals surface area contributed by atoms with Crippen LogP contribution in [0.5, 0.6) is 0 Å². The lowest BCUT2D eigenvalue weighted by Gasteiger charge is -2.38. The average Bonchev–Trinajstić information content (AvgIpc) is 2.95. The summed E-state index contributed by atoms with van der Waals surface area (Å²) in [4.78, 5) is 13.4. The Bertz CT molecular complexity index is 620. The van der Waals surface area contributed by atoms with Crippen LogP contribution in [0.1, 0.15) is 30.6 Å². The zero-order valence-electron chi connectivity index (χ0n) is 12.7. The molecule has 0 atom stereocenters. The van der Waals surface area contributed by atoms with Crippen molar-refractivity contribution in [1.82, 2.24) is 19.9 Å². The minimum Gasteiger partial charge on any atom is -0.370 e. The summed E-state index contributed by atoms with van der Waals surface area (Å²) in [6, 6.07) is 10.3. The molecule has 2 heterocycles. The first kappa shape index (κ1) is 14.7. The summed E-state index contributed by atoms with van der Waals surface area (Å²) >= 11 is 0. The Hall–Kier alpha value is -2.21. The maximum atomic E-state index is 11.5. The van der Waals surface area contributed by atoms with E-state index >= 15 is 0 Å². The van der Waals surface area contributed by atoms with Crippen molar-refractivity contribution in [1.29, 1.82) is 0 Å². The molecule has 6 nitrogen and oxygen atoms in total. The van der Waals surface area contributed by atoms with Gasteiger partial charge in [-0.2, -0.15) is 0 Å².